The molecule has 1 aromatic heterocycles. The molecule has 0 saturated heterocycles. The van der Waals surface area contributed by atoms with Crippen molar-refractivity contribution in [3.8, 4) is 17.1 Å². The molecule has 2 aromatic carbocycles. The first-order chi connectivity index (χ1) is 12.5. The van der Waals surface area contributed by atoms with Crippen LogP contribution in [0.3, 0.4) is 0 Å². The Morgan fingerprint density at radius 1 is 1.00 bits per heavy atom. The van der Waals surface area contributed by atoms with E-state index in [0.717, 1.165) is 5.56 Å². The maximum Gasteiger partial charge on any atom is 0.277 e. The number of anilines is 2. The quantitative estimate of drug-likeness (QED) is 0.733. The van der Waals surface area contributed by atoms with Gasteiger partial charge in [-0.3, -0.25) is 9.59 Å². The van der Waals surface area contributed by atoms with Crippen LogP contribution < -0.4 is 15.4 Å². The van der Waals surface area contributed by atoms with Crippen LogP contribution in [0.5, 0.6) is 5.75 Å². The third-order valence-corrected chi connectivity index (χ3v) is 3.56. The summed E-state index contributed by atoms with van der Waals surface area (Å²) in [5.41, 5.74) is 2.15. The molecule has 0 spiro atoms. The van der Waals surface area contributed by atoms with Gasteiger partial charge in [0.05, 0.1) is 7.11 Å². The van der Waals surface area contributed by atoms with E-state index < -0.39 is 5.91 Å². The zero-order chi connectivity index (χ0) is 18.5. The van der Waals surface area contributed by atoms with Crippen molar-refractivity contribution in [2.75, 3.05) is 17.7 Å². The molecule has 2 amide bonds. The predicted octanol–water partition coefficient (Wildman–Crippen LogP) is 3.56. The van der Waals surface area contributed by atoms with Crippen LogP contribution in [0, 0.1) is 0 Å². The van der Waals surface area contributed by atoms with Crippen LogP contribution in [0.1, 0.15) is 17.4 Å². The predicted molar refractivity (Wildman–Crippen MR) is 97.2 cm³/mol. The lowest BCUT2D eigenvalue weighted by Gasteiger charge is -2.05. The third kappa shape index (κ3) is 4.07. The van der Waals surface area contributed by atoms with Gasteiger partial charge in [-0.15, -0.1) is 0 Å². The maximum atomic E-state index is 12.3. The van der Waals surface area contributed by atoms with Crippen LogP contribution in [0.25, 0.3) is 11.3 Å². The summed E-state index contributed by atoms with van der Waals surface area (Å²) in [7, 11) is 1.58. The summed E-state index contributed by atoms with van der Waals surface area (Å²) in [4.78, 5) is 23.3. The number of nitrogens with one attached hydrogen (secondary N) is 2. The number of methoxy groups -OCH3 is 1. The van der Waals surface area contributed by atoms with Gasteiger partial charge in [-0.1, -0.05) is 17.3 Å². The Kier molecular flexibility index (Phi) is 4.98. The normalized spacial score (nSPS) is 10.2. The van der Waals surface area contributed by atoms with E-state index >= 15 is 0 Å². The summed E-state index contributed by atoms with van der Waals surface area (Å²) in [6, 6.07) is 15.6. The monoisotopic (exact) mass is 351 g/mol. The number of carbonyl (C=O) groups excluding carboxylic acids is 2. The highest BCUT2D eigenvalue weighted by Crippen LogP contribution is 2.24. The minimum absolute atomic E-state index is 0.158. The van der Waals surface area contributed by atoms with E-state index in [1.54, 1.807) is 43.5 Å². The van der Waals surface area contributed by atoms with Crippen molar-refractivity contribution < 1.29 is 18.8 Å². The lowest BCUT2D eigenvalue weighted by atomic mass is 10.1. The van der Waals surface area contributed by atoms with Crippen LogP contribution in [0.2, 0.25) is 0 Å². The molecule has 3 aromatic rings. The average Bonchev–Trinajstić information content (AvgIpc) is 3.13. The number of amides is 2. The Morgan fingerprint density at radius 2 is 1.69 bits per heavy atom. The Labute approximate surface area is 150 Å². The summed E-state index contributed by atoms with van der Waals surface area (Å²) in [5.74, 6) is 0.601. The number of rotatable bonds is 5. The van der Waals surface area contributed by atoms with E-state index in [-0.39, 0.29) is 11.6 Å². The highest BCUT2D eigenvalue weighted by molar-refractivity contribution is 6.03. The molecule has 0 saturated carbocycles. The number of carbonyl (C=O) groups is 2. The smallest absolute Gasteiger partial charge is 0.277 e. The second kappa shape index (κ2) is 7.52. The fraction of sp³-hybridized carbons (Fsp3) is 0.105. The topological polar surface area (TPSA) is 93.5 Å². The molecule has 3 rings (SSSR count). The van der Waals surface area contributed by atoms with Gasteiger partial charge < -0.3 is 19.9 Å². The molecule has 7 heteroatoms. The third-order valence-electron chi connectivity index (χ3n) is 3.56. The second-order valence-electron chi connectivity index (χ2n) is 5.52. The van der Waals surface area contributed by atoms with Gasteiger partial charge in [-0.25, -0.2) is 0 Å². The molecule has 0 aliphatic rings. The SMILES string of the molecule is COc1cccc(-c2cc(C(=O)Nc3ccc(NC(C)=O)cc3)no2)c1. The maximum absolute atomic E-state index is 12.3. The van der Waals surface area contributed by atoms with Gasteiger partial charge in [0.2, 0.25) is 5.91 Å². The second-order valence-corrected chi connectivity index (χ2v) is 5.52. The first-order valence-corrected chi connectivity index (χ1v) is 7.85. The van der Waals surface area contributed by atoms with E-state index in [0.29, 0.717) is 22.9 Å². The molecule has 0 bridgehead atoms. The fourth-order valence-corrected chi connectivity index (χ4v) is 2.33. The molecule has 0 aliphatic carbocycles. The Bertz CT molecular complexity index is 932. The van der Waals surface area contributed by atoms with Gasteiger partial charge in [0.15, 0.2) is 11.5 Å². The lowest BCUT2D eigenvalue weighted by Crippen LogP contribution is -2.12. The van der Waals surface area contributed by atoms with Crippen LogP contribution in [0.15, 0.2) is 59.1 Å². The molecule has 0 atom stereocenters. The fourth-order valence-electron chi connectivity index (χ4n) is 2.33. The van der Waals surface area contributed by atoms with E-state index in [1.807, 2.05) is 18.2 Å². The summed E-state index contributed by atoms with van der Waals surface area (Å²) in [6.45, 7) is 1.43. The van der Waals surface area contributed by atoms with Crippen LogP contribution in [0.4, 0.5) is 11.4 Å². The van der Waals surface area contributed by atoms with E-state index in [9.17, 15) is 9.59 Å². The van der Waals surface area contributed by atoms with Crippen molar-refractivity contribution in [3.05, 3.63) is 60.3 Å². The van der Waals surface area contributed by atoms with Gasteiger partial charge in [0.1, 0.15) is 5.75 Å². The molecule has 26 heavy (non-hydrogen) atoms. The molecule has 0 fully saturated rings. The summed E-state index contributed by atoms with van der Waals surface area (Å²) in [5, 5.41) is 9.20. The highest BCUT2D eigenvalue weighted by atomic mass is 16.5. The van der Waals surface area contributed by atoms with Crippen LogP contribution in [-0.4, -0.2) is 24.1 Å². The summed E-state index contributed by atoms with van der Waals surface area (Å²) < 4.78 is 10.4. The zero-order valence-electron chi connectivity index (χ0n) is 14.3. The van der Waals surface area contributed by atoms with Crippen molar-refractivity contribution in [2.24, 2.45) is 0 Å². The number of aromatic nitrogens is 1. The zero-order valence-corrected chi connectivity index (χ0v) is 14.3. The molecule has 0 aliphatic heterocycles. The average molecular weight is 351 g/mol. The van der Waals surface area contributed by atoms with E-state index in [4.69, 9.17) is 9.26 Å². The lowest BCUT2D eigenvalue weighted by molar-refractivity contribution is -0.114. The molecule has 2 N–H and O–H groups in total. The van der Waals surface area contributed by atoms with Crippen molar-refractivity contribution >= 4 is 23.2 Å². The number of benzene rings is 2. The Balaban J connectivity index is 1.70. The summed E-state index contributed by atoms with van der Waals surface area (Å²) in [6.07, 6.45) is 0. The first kappa shape index (κ1) is 17.2. The highest BCUT2D eigenvalue weighted by Gasteiger charge is 2.14. The van der Waals surface area contributed by atoms with Gasteiger partial charge >= 0.3 is 0 Å². The minimum atomic E-state index is -0.393. The van der Waals surface area contributed by atoms with E-state index in [1.165, 1.54) is 6.92 Å². The number of hydrogen-bond donors (Lipinski definition) is 2. The van der Waals surface area contributed by atoms with Crippen molar-refractivity contribution in [2.45, 2.75) is 6.92 Å². The summed E-state index contributed by atoms with van der Waals surface area (Å²) >= 11 is 0. The first-order valence-electron chi connectivity index (χ1n) is 7.85. The van der Waals surface area contributed by atoms with Gasteiger partial charge in [-0.05, 0) is 36.4 Å². The van der Waals surface area contributed by atoms with Gasteiger partial charge in [0, 0.05) is 29.9 Å². The van der Waals surface area contributed by atoms with Crippen molar-refractivity contribution in [1.29, 1.82) is 0 Å². The molecule has 0 unspecified atom stereocenters. The standard InChI is InChI=1S/C19H17N3O4/c1-12(23)20-14-6-8-15(9-7-14)21-19(24)17-11-18(26-22-17)13-4-3-5-16(10-13)25-2/h3-11H,1-2H3,(H,20,23)(H,21,24). The molecule has 132 valence electrons. The Hall–Kier alpha value is -3.61. The molecular weight excluding hydrogens is 334 g/mol. The number of nitrogens with zero attached hydrogens (tertiary/aromatic N) is 1. The Morgan fingerprint density at radius 3 is 2.35 bits per heavy atom. The number of hydrogen-bond acceptors (Lipinski definition) is 5. The molecule has 1 heterocycles. The molecule has 7 nitrogen and oxygen atoms in total. The van der Waals surface area contributed by atoms with Crippen molar-refractivity contribution in [3.63, 3.8) is 0 Å². The number of ether oxygens (including phenoxy) is 1. The van der Waals surface area contributed by atoms with Gasteiger partial charge in [-0.2, -0.15) is 0 Å². The minimum Gasteiger partial charge on any atom is -0.497 e. The molecular formula is C19H17N3O4. The largest absolute Gasteiger partial charge is 0.497 e. The van der Waals surface area contributed by atoms with E-state index in [2.05, 4.69) is 15.8 Å². The molecule has 0 radical (unpaired) electrons. The van der Waals surface area contributed by atoms with Crippen LogP contribution >= 0.6 is 0 Å². The van der Waals surface area contributed by atoms with Gasteiger partial charge in [0.25, 0.3) is 5.91 Å². The van der Waals surface area contributed by atoms with Crippen LogP contribution in [-0.2, 0) is 4.79 Å². The van der Waals surface area contributed by atoms with Crippen molar-refractivity contribution in [1.82, 2.24) is 5.16 Å².